The highest BCUT2D eigenvalue weighted by atomic mass is 19.1. The summed E-state index contributed by atoms with van der Waals surface area (Å²) in [5.41, 5.74) is 9.12. The lowest BCUT2D eigenvalue weighted by molar-refractivity contribution is 0.0996. The third kappa shape index (κ3) is 4.20. The van der Waals surface area contributed by atoms with E-state index in [4.69, 9.17) is 5.73 Å². The van der Waals surface area contributed by atoms with Gasteiger partial charge in [0.05, 0.1) is 28.2 Å². The van der Waals surface area contributed by atoms with Gasteiger partial charge in [-0.25, -0.2) is 9.37 Å². The van der Waals surface area contributed by atoms with E-state index in [2.05, 4.69) is 15.4 Å². The maximum Gasteiger partial charge on any atom is 0.267 e. The number of pyridine rings is 1. The van der Waals surface area contributed by atoms with E-state index >= 15 is 0 Å². The highest BCUT2D eigenvalue weighted by molar-refractivity contribution is 6.14. The molecule has 4 aromatic rings. The molecule has 0 bridgehead atoms. The van der Waals surface area contributed by atoms with Crippen LogP contribution in [0, 0.1) is 19.7 Å². The van der Waals surface area contributed by atoms with Crippen molar-refractivity contribution in [3.8, 4) is 0 Å². The van der Waals surface area contributed by atoms with Crippen LogP contribution >= 0.6 is 0 Å². The monoisotopic (exact) mass is 431 g/mol. The maximum absolute atomic E-state index is 13.4. The molecule has 2 heterocycles. The number of primary amides is 1. The van der Waals surface area contributed by atoms with E-state index in [0.29, 0.717) is 40.8 Å². The fourth-order valence-electron chi connectivity index (χ4n) is 3.69. The molecule has 0 unspecified atom stereocenters. The molecule has 0 saturated carbocycles. The van der Waals surface area contributed by atoms with Gasteiger partial charge in [0.2, 0.25) is 0 Å². The van der Waals surface area contributed by atoms with Gasteiger partial charge in [0.25, 0.3) is 11.8 Å². The molecule has 2 aromatic carbocycles. The summed E-state index contributed by atoms with van der Waals surface area (Å²) >= 11 is 0. The van der Waals surface area contributed by atoms with Crippen LogP contribution in [0.4, 0.5) is 10.1 Å². The lowest BCUT2D eigenvalue weighted by Crippen LogP contribution is -2.18. The molecular formula is C24H22FN5O2. The van der Waals surface area contributed by atoms with Gasteiger partial charge in [-0.05, 0) is 50.1 Å². The molecule has 0 saturated heterocycles. The number of halogens is 1. The lowest BCUT2D eigenvalue weighted by Gasteiger charge is -2.10. The predicted octanol–water partition coefficient (Wildman–Crippen LogP) is 3.78. The number of aromatic nitrogens is 3. The second-order valence-electron chi connectivity index (χ2n) is 7.54. The van der Waals surface area contributed by atoms with Crippen LogP contribution in [0.5, 0.6) is 0 Å². The van der Waals surface area contributed by atoms with E-state index in [1.807, 2.05) is 13.0 Å². The largest absolute Gasteiger partial charge is 0.364 e. The third-order valence-corrected chi connectivity index (χ3v) is 5.33. The van der Waals surface area contributed by atoms with Crippen LogP contribution in [-0.4, -0.2) is 26.6 Å². The Bertz CT molecular complexity index is 1350. The molecule has 32 heavy (non-hydrogen) atoms. The first kappa shape index (κ1) is 21.2. The van der Waals surface area contributed by atoms with Gasteiger partial charge in [-0.1, -0.05) is 30.3 Å². The number of rotatable bonds is 6. The number of nitrogens with two attached hydrogens (primary N) is 1. The second-order valence-corrected chi connectivity index (χ2v) is 7.54. The Morgan fingerprint density at radius 3 is 2.62 bits per heavy atom. The first-order chi connectivity index (χ1) is 15.3. The van der Waals surface area contributed by atoms with Crippen LogP contribution in [0.15, 0.2) is 54.6 Å². The summed E-state index contributed by atoms with van der Waals surface area (Å²) in [6.45, 7) is 4.21. The number of carbonyl (C=O) groups is 2. The lowest BCUT2D eigenvalue weighted by atomic mass is 10.1. The average Bonchev–Trinajstić information content (AvgIpc) is 3.04. The number of aryl methyl sites for hydroxylation is 3. The van der Waals surface area contributed by atoms with Gasteiger partial charge in [0.15, 0.2) is 0 Å². The van der Waals surface area contributed by atoms with E-state index in [1.165, 1.54) is 18.2 Å². The van der Waals surface area contributed by atoms with Crippen LogP contribution in [-0.2, 0) is 13.0 Å². The Morgan fingerprint density at radius 2 is 1.88 bits per heavy atom. The van der Waals surface area contributed by atoms with Crippen LogP contribution in [0.3, 0.4) is 0 Å². The number of anilines is 1. The summed E-state index contributed by atoms with van der Waals surface area (Å²) in [4.78, 5) is 29.1. The maximum atomic E-state index is 13.4. The van der Waals surface area contributed by atoms with E-state index < -0.39 is 5.91 Å². The molecular weight excluding hydrogens is 409 g/mol. The van der Waals surface area contributed by atoms with Gasteiger partial charge in [-0.2, -0.15) is 5.10 Å². The molecule has 0 radical (unpaired) electrons. The van der Waals surface area contributed by atoms with Crippen LogP contribution in [0.25, 0.3) is 10.9 Å². The summed E-state index contributed by atoms with van der Waals surface area (Å²) in [6, 6.07) is 14.9. The molecule has 0 fully saturated rings. The first-order valence-corrected chi connectivity index (χ1v) is 10.1. The van der Waals surface area contributed by atoms with Crippen molar-refractivity contribution in [3.63, 3.8) is 0 Å². The van der Waals surface area contributed by atoms with Crippen LogP contribution < -0.4 is 11.1 Å². The standard InChI is InChI=1S/C24H22FN5O2/c1-14-22(15(2)30(29-14)11-10-16-6-5-7-17(25)12-16)28-24(32)19-13-21(23(26)31)27-20-9-4-3-8-18(19)20/h3-9,12-13H,10-11H2,1-2H3,(H2,26,31)(H,28,32). The van der Waals surface area contributed by atoms with Gasteiger partial charge in [-0.15, -0.1) is 0 Å². The van der Waals surface area contributed by atoms with E-state index in [1.54, 1.807) is 41.9 Å². The smallest absolute Gasteiger partial charge is 0.267 e. The number of hydrogen-bond acceptors (Lipinski definition) is 4. The molecule has 2 amide bonds. The molecule has 0 aliphatic heterocycles. The molecule has 3 N–H and O–H groups in total. The summed E-state index contributed by atoms with van der Waals surface area (Å²) in [6.07, 6.45) is 0.601. The fraction of sp³-hybridized carbons (Fsp3) is 0.167. The molecule has 0 atom stereocenters. The Labute approximate surface area is 184 Å². The number of benzene rings is 2. The van der Waals surface area contributed by atoms with Gasteiger partial charge in [0, 0.05) is 11.9 Å². The molecule has 8 heteroatoms. The Hall–Kier alpha value is -4.07. The number of nitrogens with zero attached hydrogens (tertiary/aromatic N) is 3. The minimum atomic E-state index is -0.706. The summed E-state index contributed by atoms with van der Waals surface area (Å²) in [5.74, 6) is -1.37. The number of para-hydroxylation sites is 1. The fourth-order valence-corrected chi connectivity index (χ4v) is 3.69. The van der Waals surface area contributed by atoms with Crippen molar-refractivity contribution in [3.05, 3.63) is 88.6 Å². The average molecular weight is 431 g/mol. The summed E-state index contributed by atoms with van der Waals surface area (Å²) < 4.78 is 15.2. The van der Waals surface area contributed by atoms with Crippen molar-refractivity contribution in [2.45, 2.75) is 26.8 Å². The zero-order valence-corrected chi connectivity index (χ0v) is 17.7. The van der Waals surface area contributed by atoms with Gasteiger partial charge in [-0.3, -0.25) is 14.3 Å². The minimum Gasteiger partial charge on any atom is -0.364 e. The third-order valence-electron chi connectivity index (χ3n) is 5.33. The number of hydrogen-bond donors (Lipinski definition) is 2. The van der Waals surface area contributed by atoms with E-state index in [9.17, 15) is 14.0 Å². The topological polar surface area (TPSA) is 103 Å². The molecule has 2 aromatic heterocycles. The zero-order chi connectivity index (χ0) is 22.8. The van der Waals surface area contributed by atoms with Crippen molar-refractivity contribution < 1.29 is 14.0 Å². The van der Waals surface area contributed by atoms with Crippen molar-refractivity contribution in [2.24, 2.45) is 5.73 Å². The van der Waals surface area contributed by atoms with E-state index in [-0.39, 0.29) is 17.4 Å². The van der Waals surface area contributed by atoms with Gasteiger partial charge in [0.1, 0.15) is 11.5 Å². The van der Waals surface area contributed by atoms with Gasteiger partial charge < -0.3 is 11.1 Å². The molecule has 4 rings (SSSR count). The normalized spacial score (nSPS) is 11.0. The summed E-state index contributed by atoms with van der Waals surface area (Å²) in [5, 5.41) is 8.06. The number of nitrogens with one attached hydrogen (secondary N) is 1. The first-order valence-electron chi connectivity index (χ1n) is 10.1. The summed E-state index contributed by atoms with van der Waals surface area (Å²) in [7, 11) is 0. The van der Waals surface area contributed by atoms with Crippen LogP contribution in [0.2, 0.25) is 0 Å². The highest BCUT2D eigenvalue weighted by Gasteiger charge is 2.19. The zero-order valence-electron chi connectivity index (χ0n) is 17.7. The minimum absolute atomic E-state index is 0.0214. The quantitative estimate of drug-likeness (QED) is 0.485. The molecule has 0 aliphatic rings. The van der Waals surface area contributed by atoms with E-state index in [0.717, 1.165) is 11.3 Å². The molecule has 162 valence electrons. The van der Waals surface area contributed by atoms with Crippen molar-refractivity contribution in [1.29, 1.82) is 0 Å². The molecule has 0 spiro atoms. The molecule has 0 aliphatic carbocycles. The van der Waals surface area contributed by atoms with Crippen molar-refractivity contribution in [2.75, 3.05) is 5.32 Å². The number of fused-ring (bicyclic) bond motifs is 1. The Kier molecular flexibility index (Phi) is 5.68. The second kappa shape index (κ2) is 8.58. The Balaban J connectivity index is 1.61. The highest BCUT2D eigenvalue weighted by Crippen LogP contribution is 2.24. The van der Waals surface area contributed by atoms with Crippen molar-refractivity contribution in [1.82, 2.24) is 14.8 Å². The number of amides is 2. The Morgan fingerprint density at radius 1 is 1.09 bits per heavy atom. The predicted molar refractivity (Wildman–Crippen MR) is 120 cm³/mol. The van der Waals surface area contributed by atoms with Crippen molar-refractivity contribution >= 4 is 28.4 Å². The van der Waals surface area contributed by atoms with Crippen LogP contribution in [0.1, 0.15) is 37.8 Å². The molecule has 7 nitrogen and oxygen atoms in total. The SMILES string of the molecule is Cc1nn(CCc2cccc(F)c2)c(C)c1NC(=O)c1cc(C(N)=O)nc2ccccc12. The number of carbonyl (C=O) groups excluding carboxylic acids is 2. The van der Waals surface area contributed by atoms with Gasteiger partial charge >= 0.3 is 0 Å².